The minimum atomic E-state index is -0.880. The van der Waals surface area contributed by atoms with Gasteiger partial charge in [-0.05, 0) is 6.92 Å². The summed E-state index contributed by atoms with van der Waals surface area (Å²) in [6, 6.07) is 9.55. The zero-order valence-electron chi connectivity index (χ0n) is 12.1. The molecule has 2 rings (SSSR count). The molecule has 1 aromatic heterocycles. The summed E-state index contributed by atoms with van der Waals surface area (Å²) in [5, 5.41) is 4.92. The Bertz CT molecular complexity index is 667. The van der Waals surface area contributed by atoms with Gasteiger partial charge < -0.3 is 10.1 Å². The highest BCUT2D eigenvalue weighted by Crippen LogP contribution is 2.23. The largest absolute Gasteiger partial charge is 0.448 e. The topological polar surface area (TPSA) is 68.3 Å². The number of hydrogen-bond acceptors (Lipinski definition) is 5. The number of esters is 1. The Morgan fingerprint density at radius 3 is 2.82 bits per heavy atom. The molecule has 22 heavy (non-hydrogen) atoms. The standard InChI is InChI=1S/C16H16N2O3S/c1-3-9-17-14(19)11(2)21-16(20)13-10-22-15(18-13)12-7-5-4-6-8-12/h3-8,10-11H,1,9H2,2H3,(H,17,19)/t11-/m0/s1. The average molecular weight is 316 g/mol. The molecule has 1 N–H and O–H groups in total. The van der Waals surface area contributed by atoms with Crippen LogP contribution in [0.3, 0.4) is 0 Å². The minimum absolute atomic E-state index is 0.201. The summed E-state index contributed by atoms with van der Waals surface area (Å²) in [4.78, 5) is 27.9. The Morgan fingerprint density at radius 2 is 2.14 bits per heavy atom. The van der Waals surface area contributed by atoms with Gasteiger partial charge in [0.05, 0.1) is 0 Å². The number of rotatable bonds is 6. The van der Waals surface area contributed by atoms with E-state index in [0.717, 1.165) is 10.6 Å². The third-order valence-electron chi connectivity index (χ3n) is 2.81. The second-order valence-electron chi connectivity index (χ2n) is 4.49. The number of amides is 1. The average Bonchev–Trinajstić information content (AvgIpc) is 3.03. The van der Waals surface area contributed by atoms with Crippen LogP contribution in [0.1, 0.15) is 17.4 Å². The summed E-state index contributed by atoms with van der Waals surface area (Å²) in [6.45, 7) is 5.34. The van der Waals surface area contributed by atoms with Gasteiger partial charge in [0.15, 0.2) is 11.8 Å². The first-order valence-corrected chi connectivity index (χ1v) is 7.60. The summed E-state index contributed by atoms with van der Waals surface area (Å²) < 4.78 is 5.10. The molecule has 0 aliphatic carbocycles. The van der Waals surface area contributed by atoms with Crippen LogP contribution in [0.4, 0.5) is 0 Å². The van der Waals surface area contributed by atoms with Crippen LogP contribution in [0.2, 0.25) is 0 Å². The molecule has 2 aromatic rings. The van der Waals surface area contributed by atoms with Gasteiger partial charge in [-0.3, -0.25) is 4.79 Å². The van der Waals surface area contributed by atoms with Gasteiger partial charge in [-0.1, -0.05) is 36.4 Å². The molecule has 1 aromatic carbocycles. The van der Waals surface area contributed by atoms with Gasteiger partial charge in [0.2, 0.25) is 0 Å². The summed E-state index contributed by atoms with van der Waals surface area (Å²) in [6.07, 6.45) is 0.674. The van der Waals surface area contributed by atoms with Crippen LogP contribution in [0, 0.1) is 0 Å². The molecule has 1 amide bonds. The first-order chi connectivity index (χ1) is 10.6. The van der Waals surface area contributed by atoms with E-state index in [1.165, 1.54) is 18.3 Å². The number of nitrogens with one attached hydrogen (secondary N) is 1. The van der Waals surface area contributed by atoms with Crippen LogP contribution in [-0.2, 0) is 9.53 Å². The quantitative estimate of drug-likeness (QED) is 0.657. The molecule has 1 atom stereocenters. The maximum absolute atomic E-state index is 12.0. The van der Waals surface area contributed by atoms with Crippen molar-refractivity contribution < 1.29 is 14.3 Å². The number of hydrogen-bond donors (Lipinski definition) is 1. The molecular formula is C16H16N2O3S. The molecule has 0 spiro atoms. The van der Waals surface area contributed by atoms with Gasteiger partial charge >= 0.3 is 5.97 Å². The van der Waals surface area contributed by atoms with E-state index in [2.05, 4.69) is 16.9 Å². The van der Waals surface area contributed by atoms with Crippen molar-refractivity contribution in [3.05, 3.63) is 54.1 Å². The Hall–Kier alpha value is -2.47. The molecule has 0 aliphatic rings. The summed E-state index contributed by atoms with van der Waals surface area (Å²) in [7, 11) is 0. The van der Waals surface area contributed by atoms with Gasteiger partial charge in [-0.15, -0.1) is 17.9 Å². The van der Waals surface area contributed by atoms with E-state index in [4.69, 9.17) is 4.74 Å². The van der Waals surface area contributed by atoms with Gasteiger partial charge in [-0.25, -0.2) is 9.78 Å². The molecule has 6 heteroatoms. The van der Waals surface area contributed by atoms with Crippen molar-refractivity contribution in [2.75, 3.05) is 6.54 Å². The van der Waals surface area contributed by atoms with Gasteiger partial charge in [0, 0.05) is 17.5 Å². The molecular weight excluding hydrogens is 300 g/mol. The Balaban J connectivity index is 2.00. The van der Waals surface area contributed by atoms with Crippen molar-refractivity contribution in [1.82, 2.24) is 10.3 Å². The highest BCUT2D eigenvalue weighted by molar-refractivity contribution is 7.13. The highest BCUT2D eigenvalue weighted by Gasteiger charge is 2.20. The Kier molecular flexibility index (Phi) is 5.43. The van der Waals surface area contributed by atoms with Gasteiger partial charge in [0.25, 0.3) is 5.91 Å². The van der Waals surface area contributed by atoms with Crippen molar-refractivity contribution in [2.24, 2.45) is 0 Å². The van der Waals surface area contributed by atoms with Gasteiger partial charge in [0.1, 0.15) is 5.01 Å². The molecule has 114 valence electrons. The van der Waals surface area contributed by atoms with E-state index < -0.39 is 12.1 Å². The van der Waals surface area contributed by atoms with Crippen LogP contribution < -0.4 is 5.32 Å². The van der Waals surface area contributed by atoms with Crippen molar-refractivity contribution in [2.45, 2.75) is 13.0 Å². The number of nitrogens with zero attached hydrogens (tertiary/aromatic N) is 1. The maximum atomic E-state index is 12.0. The fourth-order valence-electron chi connectivity index (χ4n) is 1.67. The molecule has 0 radical (unpaired) electrons. The molecule has 0 fully saturated rings. The molecule has 0 aliphatic heterocycles. The summed E-state index contributed by atoms with van der Waals surface area (Å²) >= 11 is 1.35. The lowest BCUT2D eigenvalue weighted by atomic mass is 10.2. The third-order valence-corrected chi connectivity index (χ3v) is 3.70. The Morgan fingerprint density at radius 1 is 1.41 bits per heavy atom. The predicted octanol–water partition coefficient (Wildman–Crippen LogP) is 2.66. The predicted molar refractivity (Wildman–Crippen MR) is 85.6 cm³/mol. The van der Waals surface area contributed by atoms with Crippen molar-refractivity contribution >= 4 is 23.2 Å². The van der Waals surface area contributed by atoms with E-state index in [0.29, 0.717) is 6.54 Å². The van der Waals surface area contributed by atoms with Gasteiger partial charge in [-0.2, -0.15) is 0 Å². The van der Waals surface area contributed by atoms with E-state index in [1.54, 1.807) is 11.5 Å². The van der Waals surface area contributed by atoms with Crippen molar-refractivity contribution in [3.63, 3.8) is 0 Å². The van der Waals surface area contributed by atoms with E-state index in [9.17, 15) is 9.59 Å². The second-order valence-corrected chi connectivity index (χ2v) is 5.34. The lowest BCUT2D eigenvalue weighted by molar-refractivity contribution is -0.128. The smallest absolute Gasteiger partial charge is 0.358 e. The highest BCUT2D eigenvalue weighted by atomic mass is 32.1. The van der Waals surface area contributed by atoms with Crippen molar-refractivity contribution in [1.29, 1.82) is 0 Å². The van der Waals surface area contributed by atoms with E-state index in [-0.39, 0.29) is 11.6 Å². The Labute approximate surface area is 132 Å². The van der Waals surface area contributed by atoms with E-state index in [1.807, 2.05) is 30.3 Å². The minimum Gasteiger partial charge on any atom is -0.448 e. The van der Waals surface area contributed by atoms with Crippen LogP contribution in [0.5, 0.6) is 0 Å². The number of benzene rings is 1. The molecule has 5 nitrogen and oxygen atoms in total. The monoisotopic (exact) mass is 316 g/mol. The normalized spacial score (nSPS) is 11.5. The van der Waals surface area contributed by atoms with Crippen molar-refractivity contribution in [3.8, 4) is 10.6 Å². The van der Waals surface area contributed by atoms with E-state index >= 15 is 0 Å². The number of thiazole rings is 1. The zero-order valence-corrected chi connectivity index (χ0v) is 12.9. The van der Waals surface area contributed by atoms with Crippen LogP contribution in [0.25, 0.3) is 10.6 Å². The summed E-state index contributed by atoms with van der Waals surface area (Å²) in [5.41, 5.74) is 1.13. The molecule has 0 saturated heterocycles. The molecule has 1 heterocycles. The lowest BCUT2D eigenvalue weighted by Gasteiger charge is -2.11. The number of aromatic nitrogens is 1. The fourth-order valence-corrected chi connectivity index (χ4v) is 2.47. The number of carbonyl (C=O) groups excluding carboxylic acids is 2. The maximum Gasteiger partial charge on any atom is 0.358 e. The SMILES string of the molecule is C=CCNC(=O)[C@H](C)OC(=O)c1csc(-c2ccccc2)n1. The number of ether oxygens (including phenoxy) is 1. The second kappa shape index (κ2) is 7.51. The number of carbonyl (C=O) groups is 2. The lowest BCUT2D eigenvalue weighted by Crippen LogP contribution is -2.35. The van der Waals surface area contributed by atoms with Crippen LogP contribution >= 0.6 is 11.3 Å². The third kappa shape index (κ3) is 4.02. The first-order valence-electron chi connectivity index (χ1n) is 6.72. The zero-order chi connectivity index (χ0) is 15.9. The fraction of sp³-hybridized carbons (Fsp3) is 0.188. The molecule has 0 bridgehead atoms. The van der Waals surface area contributed by atoms with Crippen LogP contribution in [-0.4, -0.2) is 29.5 Å². The summed E-state index contributed by atoms with van der Waals surface area (Å²) in [5.74, 6) is -0.980. The van der Waals surface area contributed by atoms with Crippen LogP contribution in [0.15, 0.2) is 48.4 Å². The first kappa shape index (κ1) is 15.9. The molecule has 0 saturated carbocycles. The molecule has 0 unspecified atom stereocenters.